The molecule has 2 aromatic carbocycles. The van der Waals surface area contributed by atoms with Gasteiger partial charge in [-0.15, -0.1) is 0 Å². The van der Waals surface area contributed by atoms with Crippen molar-refractivity contribution >= 4 is 17.7 Å². The van der Waals surface area contributed by atoms with E-state index in [1.165, 1.54) is 0 Å². The second-order valence-corrected chi connectivity index (χ2v) is 5.81. The average molecular weight is 356 g/mol. The summed E-state index contributed by atoms with van der Waals surface area (Å²) in [4.78, 5) is 24.0. The monoisotopic (exact) mass is 356 g/mol. The molecule has 2 aromatic rings. The number of amides is 2. The average Bonchev–Trinajstić information content (AvgIpc) is 2.67. The third-order valence-electron chi connectivity index (χ3n) is 3.80. The van der Waals surface area contributed by atoms with Crippen LogP contribution in [0.4, 0.5) is 10.5 Å². The normalized spacial score (nSPS) is 11.5. The zero-order valence-corrected chi connectivity index (χ0v) is 14.8. The lowest BCUT2D eigenvalue weighted by molar-refractivity contribution is 0.0500. The van der Waals surface area contributed by atoms with E-state index in [1.54, 1.807) is 24.3 Å². The Morgan fingerprint density at radius 1 is 1.08 bits per heavy atom. The summed E-state index contributed by atoms with van der Waals surface area (Å²) in [6.45, 7) is 2.22. The first-order valence-electron chi connectivity index (χ1n) is 8.64. The van der Waals surface area contributed by atoms with Crippen molar-refractivity contribution in [3.8, 4) is 0 Å². The summed E-state index contributed by atoms with van der Waals surface area (Å²) in [6.07, 6.45) is 1.79. The quantitative estimate of drug-likeness (QED) is 0.499. The van der Waals surface area contributed by atoms with Crippen LogP contribution in [0.2, 0.25) is 0 Å². The molecule has 6 nitrogen and oxygen atoms in total. The number of anilines is 1. The van der Waals surface area contributed by atoms with Gasteiger partial charge in [0.05, 0.1) is 24.8 Å². The van der Waals surface area contributed by atoms with E-state index in [-0.39, 0.29) is 12.6 Å². The molecule has 138 valence electrons. The fourth-order valence-electron chi connectivity index (χ4n) is 2.33. The number of aliphatic hydroxyl groups excluding tert-OH is 1. The summed E-state index contributed by atoms with van der Waals surface area (Å²) >= 11 is 0. The van der Waals surface area contributed by atoms with Crippen LogP contribution >= 0.6 is 0 Å². The van der Waals surface area contributed by atoms with Gasteiger partial charge in [0.2, 0.25) is 0 Å². The molecule has 0 aliphatic carbocycles. The smallest absolute Gasteiger partial charge is 0.338 e. The first-order valence-corrected chi connectivity index (χ1v) is 8.64. The van der Waals surface area contributed by atoms with Crippen molar-refractivity contribution in [1.82, 2.24) is 5.32 Å². The van der Waals surface area contributed by atoms with Gasteiger partial charge < -0.3 is 20.5 Å². The molecule has 0 radical (unpaired) electrons. The van der Waals surface area contributed by atoms with Crippen molar-refractivity contribution in [3.05, 3.63) is 65.7 Å². The van der Waals surface area contributed by atoms with Gasteiger partial charge in [-0.25, -0.2) is 9.59 Å². The minimum atomic E-state index is -0.496. The van der Waals surface area contributed by atoms with Crippen LogP contribution < -0.4 is 10.6 Å². The van der Waals surface area contributed by atoms with E-state index in [0.717, 1.165) is 18.4 Å². The maximum atomic E-state index is 12.1. The van der Waals surface area contributed by atoms with Crippen molar-refractivity contribution < 1.29 is 19.4 Å². The molecule has 0 saturated carbocycles. The largest absolute Gasteiger partial charge is 0.462 e. The van der Waals surface area contributed by atoms with E-state index < -0.39 is 12.1 Å². The molecule has 0 fully saturated rings. The predicted molar refractivity (Wildman–Crippen MR) is 100 cm³/mol. The number of hydrogen-bond acceptors (Lipinski definition) is 4. The summed E-state index contributed by atoms with van der Waals surface area (Å²) < 4.78 is 5.14. The Kier molecular flexibility index (Phi) is 7.64. The first kappa shape index (κ1) is 19.5. The Morgan fingerprint density at radius 2 is 1.77 bits per heavy atom. The van der Waals surface area contributed by atoms with Gasteiger partial charge in [0.25, 0.3) is 0 Å². The van der Waals surface area contributed by atoms with Gasteiger partial charge >= 0.3 is 12.0 Å². The molecule has 2 rings (SSSR count). The molecular formula is C20H24N2O4. The number of benzene rings is 2. The third-order valence-corrected chi connectivity index (χ3v) is 3.80. The second-order valence-electron chi connectivity index (χ2n) is 5.81. The van der Waals surface area contributed by atoms with Crippen LogP contribution in [0.25, 0.3) is 0 Å². The summed E-state index contributed by atoms with van der Waals surface area (Å²) in [5.74, 6) is -0.376. The maximum absolute atomic E-state index is 12.1. The summed E-state index contributed by atoms with van der Waals surface area (Å²) in [7, 11) is 0. The van der Waals surface area contributed by atoms with Crippen LogP contribution in [0.3, 0.4) is 0 Å². The van der Waals surface area contributed by atoms with Gasteiger partial charge in [0, 0.05) is 5.69 Å². The van der Waals surface area contributed by atoms with E-state index in [4.69, 9.17) is 4.74 Å². The van der Waals surface area contributed by atoms with E-state index >= 15 is 0 Å². The molecule has 0 bridgehead atoms. The molecule has 0 aromatic heterocycles. The molecule has 0 aliphatic rings. The van der Waals surface area contributed by atoms with E-state index in [2.05, 4.69) is 10.6 Å². The lowest BCUT2D eigenvalue weighted by Crippen LogP contribution is -2.34. The molecule has 26 heavy (non-hydrogen) atoms. The first-order chi connectivity index (χ1) is 12.6. The van der Waals surface area contributed by atoms with Gasteiger partial charge in [-0.3, -0.25) is 0 Å². The molecule has 1 unspecified atom stereocenters. The van der Waals surface area contributed by atoms with Gasteiger partial charge in [-0.2, -0.15) is 0 Å². The Morgan fingerprint density at radius 3 is 2.38 bits per heavy atom. The summed E-state index contributed by atoms with van der Waals surface area (Å²) in [6, 6.07) is 14.8. The van der Waals surface area contributed by atoms with Crippen molar-refractivity contribution in [2.75, 3.05) is 18.5 Å². The molecule has 6 heteroatoms. The van der Waals surface area contributed by atoms with Crippen LogP contribution in [0.1, 0.15) is 41.7 Å². The molecule has 0 heterocycles. The van der Waals surface area contributed by atoms with E-state index in [0.29, 0.717) is 17.9 Å². The Balaban J connectivity index is 1.89. The number of urea groups is 1. The van der Waals surface area contributed by atoms with Gasteiger partial charge in [0.1, 0.15) is 0 Å². The van der Waals surface area contributed by atoms with Crippen molar-refractivity contribution in [3.63, 3.8) is 0 Å². The Bertz CT molecular complexity index is 702. The standard InChI is InChI=1S/C20H24N2O4/c1-2-3-13-26-19(24)16-9-11-17(12-10-16)21-20(25)22-18(14-23)15-7-5-4-6-8-15/h4-12,18,23H,2-3,13-14H2,1H3,(H2,21,22,25). The van der Waals surface area contributed by atoms with E-state index in [9.17, 15) is 14.7 Å². The highest BCUT2D eigenvalue weighted by atomic mass is 16.5. The fraction of sp³-hybridized carbons (Fsp3) is 0.300. The second kappa shape index (κ2) is 10.2. The number of ether oxygens (including phenoxy) is 1. The van der Waals surface area contributed by atoms with Gasteiger partial charge in [-0.1, -0.05) is 43.7 Å². The van der Waals surface area contributed by atoms with Crippen LogP contribution in [-0.2, 0) is 4.74 Å². The summed E-state index contributed by atoms with van der Waals surface area (Å²) in [5.41, 5.74) is 1.79. The van der Waals surface area contributed by atoms with Crippen LogP contribution in [-0.4, -0.2) is 30.3 Å². The molecule has 3 N–H and O–H groups in total. The van der Waals surface area contributed by atoms with E-state index in [1.807, 2.05) is 37.3 Å². The number of hydrogen-bond donors (Lipinski definition) is 3. The van der Waals surface area contributed by atoms with Gasteiger partial charge in [-0.05, 0) is 36.2 Å². The highest BCUT2D eigenvalue weighted by Gasteiger charge is 2.13. The minimum Gasteiger partial charge on any atom is -0.462 e. The number of nitrogens with one attached hydrogen (secondary N) is 2. The summed E-state index contributed by atoms with van der Waals surface area (Å²) in [5, 5.41) is 14.9. The number of rotatable bonds is 8. The van der Waals surface area contributed by atoms with Crippen LogP contribution in [0.15, 0.2) is 54.6 Å². The molecular weight excluding hydrogens is 332 g/mol. The molecule has 0 aliphatic heterocycles. The minimum absolute atomic E-state index is 0.208. The Hall–Kier alpha value is -2.86. The highest BCUT2D eigenvalue weighted by molar-refractivity contribution is 5.92. The molecule has 2 amide bonds. The SMILES string of the molecule is CCCCOC(=O)c1ccc(NC(=O)NC(CO)c2ccccc2)cc1. The topological polar surface area (TPSA) is 87.7 Å². The zero-order valence-electron chi connectivity index (χ0n) is 14.8. The number of aliphatic hydroxyl groups is 1. The predicted octanol–water partition coefficient (Wildman–Crippen LogP) is 3.50. The van der Waals surface area contributed by atoms with Crippen LogP contribution in [0, 0.1) is 0 Å². The zero-order chi connectivity index (χ0) is 18.8. The van der Waals surface area contributed by atoms with Crippen LogP contribution in [0.5, 0.6) is 0 Å². The van der Waals surface area contributed by atoms with Gasteiger partial charge in [0.15, 0.2) is 0 Å². The third kappa shape index (κ3) is 5.89. The molecule has 1 atom stereocenters. The number of carbonyl (C=O) groups is 2. The number of carbonyl (C=O) groups excluding carboxylic acids is 2. The molecule has 0 spiro atoms. The lowest BCUT2D eigenvalue weighted by Gasteiger charge is -2.17. The Labute approximate surface area is 153 Å². The van der Waals surface area contributed by atoms with Crippen molar-refractivity contribution in [2.24, 2.45) is 0 Å². The van der Waals surface area contributed by atoms with Crippen molar-refractivity contribution in [1.29, 1.82) is 0 Å². The highest BCUT2D eigenvalue weighted by Crippen LogP contribution is 2.14. The lowest BCUT2D eigenvalue weighted by atomic mass is 10.1. The van der Waals surface area contributed by atoms with Crippen molar-refractivity contribution in [2.45, 2.75) is 25.8 Å². The maximum Gasteiger partial charge on any atom is 0.338 e. The molecule has 0 saturated heterocycles. The number of esters is 1. The fourth-order valence-corrected chi connectivity index (χ4v) is 2.33. The number of unbranched alkanes of at least 4 members (excludes halogenated alkanes) is 1.